The molecular formula is C27H35N3O5S. The molecule has 5 rings (SSSR count). The van der Waals surface area contributed by atoms with E-state index in [0.717, 1.165) is 30.6 Å². The van der Waals surface area contributed by atoms with Crippen LogP contribution in [0.15, 0.2) is 41.3 Å². The van der Waals surface area contributed by atoms with E-state index in [9.17, 15) is 14.4 Å². The van der Waals surface area contributed by atoms with Crippen molar-refractivity contribution in [1.82, 2.24) is 10.2 Å². The topological polar surface area (TPSA) is 97.0 Å². The number of rotatable bonds is 9. The summed E-state index contributed by atoms with van der Waals surface area (Å²) in [4.78, 5) is 43.8. The summed E-state index contributed by atoms with van der Waals surface area (Å²) in [5.74, 6) is -2.07. The number of anilines is 1. The van der Waals surface area contributed by atoms with Gasteiger partial charge in [-0.05, 0) is 43.7 Å². The fourth-order valence-electron chi connectivity index (χ4n) is 6.34. The van der Waals surface area contributed by atoms with Crippen LogP contribution in [0.5, 0.6) is 0 Å². The van der Waals surface area contributed by atoms with Gasteiger partial charge in [0.2, 0.25) is 17.7 Å². The molecule has 9 heteroatoms. The summed E-state index contributed by atoms with van der Waals surface area (Å²) in [5, 5.41) is 6.20. The molecule has 0 radical (unpaired) electrons. The highest BCUT2D eigenvalue weighted by Crippen LogP contribution is 2.55. The van der Waals surface area contributed by atoms with Crippen molar-refractivity contribution in [3.05, 3.63) is 36.4 Å². The van der Waals surface area contributed by atoms with E-state index in [1.54, 1.807) is 23.8 Å². The highest BCUT2D eigenvalue weighted by Gasteiger charge is 2.72. The zero-order valence-corrected chi connectivity index (χ0v) is 21.7. The van der Waals surface area contributed by atoms with E-state index >= 15 is 0 Å². The first-order valence-corrected chi connectivity index (χ1v) is 14.1. The van der Waals surface area contributed by atoms with Crippen molar-refractivity contribution < 1.29 is 23.9 Å². The number of carbonyl (C=O) groups excluding carboxylic acids is 3. The third kappa shape index (κ3) is 4.46. The van der Waals surface area contributed by atoms with E-state index in [1.165, 1.54) is 6.42 Å². The average molecular weight is 514 g/mol. The molecule has 36 heavy (non-hydrogen) atoms. The Morgan fingerprint density at radius 2 is 2.03 bits per heavy atom. The van der Waals surface area contributed by atoms with Gasteiger partial charge in [-0.3, -0.25) is 14.4 Å². The standard InChI is InChI=1S/C27H35N3O5S/c1-34-15-7-14-30-23(25(32)28-17-8-4-3-5-9-17)27-13-12-20(35-27)21(22(27)26(30)33)24(31)29-18-10-6-11-19(16-18)36-2/h6,10-13,16-17,20-23H,3-5,7-9,14-15H2,1-2H3,(H,28,32)(H,29,31). The summed E-state index contributed by atoms with van der Waals surface area (Å²) >= 11 is 1.59. The van der Waals surface area contributed by atoms with Gasteiger partial charge in [0.05, 0.1) is 17.9 Å². The summed E-state index contributed by atoms with van der Waals surface area (Å²) in [6, 6.07) is 6.94. The van der Waals surface area contributed by atoms with Crippen LogP contribution in [0, 0.1) is 11.8 Å². The number of hydrogen-bond acceptors (Lipinski definition) is 6. The van der Waals surface area contributed by atoms with Gasteiger partial charge in [0, 0.05) is 36.9 Å². The molecule has 3 heterocycles. The average Bonchev–Trinajstić information content (AvgIpc) is 3.52. The first-order valence-electron chi connectivity index (χ1n) is 12.9. The lowest BCUT2D eigenvalue weighted by Crippen LogP contribution is -2.56. The van der Waals surface area contributed by atoms with Crippen LogP contribution in [0.1, 0.15) is 38.5 Å². The minimum atomic E-state index is -1.13. The van der Waals surface area contributed by atoms with Gasteiger partial charge >= 0.3 is 0 Å². The summed E-state index contributed by atoms with van der Waals surface area (Å²) in [6.45, 7) is 0.854. The maximum absolute atomic E-state index is 13.8. The van der Waals surface area contributed by atoms with Crippen molar-refractivity contribution in [2.75, 3.05) is 31.8 Å². The maximum Gasteiger partial charge on any atom is 0.246 e. The highest BCUT2D eigenvalue weighted by molar-refractivity contribution is 7.98. The Balaban J connectivity index is 1.41. The van der Waals surface area contributed by atoms with Crippen molar-refractivity contribution in [3.8, 4) is 0 Å². The Kier molecular flexibility index (Phi) is 7.42. The molecule has 194 valence electrons. The number of amides is 3. The smallest absolute Gasteiger partial charge is 0.246 e. The molecule has 2 bridgehead atoms. The summed E-state index contributed by atoms with van der Waals surface area (Å²) in [7, 11) is 1.62. The summed E-state index contributed by atoms with van der Waals surface area (Å²) in [6.07, 6.45) is 11.0. The van der Waals surface area contributed by atoms with Crippen molar-refractivity contribution in [2.24, 2.45) is 11.8 Å². The molecule has 0 aromatic heterocycles. The van der Waals surface area contributed by atoms with Gasteiger partial charge in [0.25, 0.3) is 0 Å². The number of likely N-dealkylation sites (tertiary alicyclic amines) is 1. The molecule has 5 unspecified atom stereocenters. The van der Waals surface area contributed by atoms with E-state index in [-0.39, 0.29) is 23.8 Å². The van der Waals surface area contributed by atoms with Crippen LogP contribution in [0.25, 0.3) is 0 Å². The molecule has 3 aliphatic heterocycles. The lowest BCUT2D eigenvalue weighted by Gasteiger charge is -2.34. The molecule has 1 spiro atoms. The number of nitrogens with zero attached hydrogens (tertiary/aromatic N) is 1. The molecule has 1 saturated carbocycles. The fourth-order valence-corrected chi connectivity index (χ4v) is 6.80. The van der Waals surface area contributed by atoms with Gasteiger partial charge in [-0.2, -0.15) is 0 Å². The second-order valence-electron chi connectivity index (χ2n) is 10.1. The molecule has 1 aromatic rings. The molecule has 8 nitrogen and oxygen atoms in total. The molecular weight excluding hydrogens is 478 g/mol. The SMILES string of the molecule is COCCCN1C(=O)C2C(C(=O)Nc3cccc(SC)c3)C3C=CC2(O3)C1C(=O)NC1CCCCC1. The molecule has 5 atom stereocenters. The van der Waals surface area contributed by atoms with Crippen molar-refractivity contribution in [3.63, 3.8) is 0 Å². The van der Waals surface area contributed by atoms with Crippen molar-refractivity contribution >= 4 is 35.2 Å². The molecule has 3 fully saturated rings. The van der Waals surface area contributed by atoms with Crippen LogP contribution in [0.3, 0.4) is 0 Å². The number of benzene rings is 1. The monoisotopic (exact) mass is 513 g/mol. The first kappa shape index (κ1) is 25.3. The minimum Gasteiger partial charge on any atom is -0.385 e. The minimum absolute atomic E-state index is 0.114. The normalized spacial score (nSPS) is 31.1. The second-order valence-corrected chi connectivity index (χ2v) is 11.0. The zero-order chi connectivity index (χ0) is 25.3. The van der Waals surface area contributed by atoms with Crippen molar-refractivity contribution in [1.29, 1.82) is 0 Å². The Bertz CT molecular complexity index is 1040. The predicted molar refractivity (Wildman–Crippen MR) is 138 cm³/mol. The van der Waals surface area contributed by atoms with Gasteiger partial charge in [-0.15, -0.1) is 11.8 Å². The molecule has 2 saturated heterocycles. The molecule has 2 N–H and O–H groups in total. The van der Waals surface area contributed by atoms with Gasteiger partial charge in [-0.1, -0.05) is 37.5 Å². The molecule has 1 aliphatic carbocycles. The first-order chi connectivity index (χ1) is 17.5. The maximum atomic E-state index is 13.8. The number of methoxy groups -OCH3 is 1. The highest BCUT2D eigenvalue weighted by atomic mass is 32.2. The van der Waals surface area contributed by atoms with Crippen LogP contribution in [0.4, 0.5) is 5.69 Å². The van der Waals surface area contributed by atoms with Gasteiger partial charge in [-0.25, -0.2) is 0 Å². The Morgan fingerprint density at radius 3 is 2.78 bits per heavy atom. The third-order valence-electron chi connectivity index (χ3n) is 7.96. The van der Waals surface area contributed by atoms with Crippen LogP contribution in [-0.4, -0.2) is 72.9 Å². The van der Waals surface area contributed by atoms with Crippen LogP contribution >= 0.6 is 11.8 Å². The predicted octanol–water partition coefficient (Wildman–Crippen LogP) is 2.98. The summed E-state index contributed by atoms with van der Waals surface area (Å²) in [5.41, 5.74) is -0.446. The molecule has 3 amide bonds. The largest absolute Gasteiger partial charge is 0.385 e. The number of ether oxygens (including phenoxy) is 2. The lowest BCUT2D eigenvalue weighted by molar-refractivity contribution is -0.141. The van der Waals surface area contributed by atoms with E-state index < -0.39 is 29.6 Å². The second kappa shape index (κ2) is 10.6. The van der Waals surface area contributed by atoms with Gasteiger partial charge in [0.15, 0.2) is 0 Å². The van der Waals surface area contributed by atoms with Crippen molar-refractivity contribution in [2.45, 2.75) is 67.2 Å². The summed E-state index contributed by atoms with van der Waals surface area (Å²) < 4.78 is 11.6. The lowest BCUT2D eigenvalue weighted by atomic mass is 9.74. The van der Waals surface area contributed by atoms with Crippen LogP contribution < -0.4 is 10.6 Å². The Labute approximate surface area is 216 Å². The third-order valence-corrected chi connectivity index (χ3v) is 8.69. The number of thioether (sulfide) groups is 1. The van der Waals surface area contributed by atoms with Crippen LogP contribution in [0.2, 0.25) is 0 Å². The number of fused-ring (bicyclic) bond motifs is 1. The fraction of sp³-hybridized carbons (Fsp3) is 0.593. The quantitative estimate of drug-likeness (QED) is 0.299. The van der Waals surface area contributed by atoms with E-state index in [2.05, 4.69) is 10.6 Å². The number of carbonyl (C=O) groups is 3. The van der Waals surface area contributed by atoms with E-state index in [4.69, 9.17) is 9.47 Å². The zero-order valence-electron chi connectivity index (χ0n) is 20.9. The van der Waals surface area contributed by atoms with Crippen LogP contribution in [-0.2, 0) is 23.9 Å². The number of hydrogen-bond donors (Lipinski definition) is 2. The molecule has 4 aliphatic rings. The Morgan fingerprint density at radius 1 is 1.22 bits per heavy atom. The number of nitrogens with one attached hydrogen (secondary N) is 2. The Hall–Kier alpha value is -2.36. The van der Waals surface area contributed by atoms with Gasteiger partial charge in [0.1, 0.15) is 11.6 Å². The van der Waals surface area contributed by atoms with E-state index in [0.29, 0.717) is 25.3 Å². The molecule has 1 aromatic carbocycles. The van der Waals surface area contributed by atoms with Gasteiger partial charge < -0.3 is 25.0 Å². The van der Waals surface area contributed by atoms with E-state index in [1.807, 2.05) is 42.7 Å².